The van der Waals surface area contributed by atoms with Gasteiger partial charge in [-0.05, 0) is 93.5 Å². The number of para-hydroxylation sites is 6. The lowest BCUT2D eigenvalue weighted by molar-refractivity contribution is 0.436. The number of ether oxygens (including phenoxy) is 2. The minimum atomic E-state index is -0.723. The van der Waals surface area contributed by atoms with Crippen LogP contribution in [0.2, 0.25) is 0 Å². The van der Waals surface area contributed by atoms with E-state index in [0.717, 1.165) is 95.4 Å². The lowest BCUT2D eigenvalue weighted by atomic mass is 9.65. The van der Waals surface area contributed by atoms with E-state index in [4.69, 9.17) is 13.9 Å². The molecule has 16 rings (SSSR count). The van der Waals surface area contributed by atoms with Gasteiger partial charge in [-0.3, -0.25) is 0 Å². The second-order valence-electron chi connectivity index (χ2n) is 19.3. The molecule has 3 heterocycles. The van der Waals surface area contributed by atoms with Gasteiger partial charge in [0.2, 0.25) is 0 Å². The van der Waals surface area contributed by atoms with Gasteiger partial charge in [0.1, 0.15) is 34.2 Å². The van der Waals surface area contributed by atoms with Crippen molar-refractivity contribution >= 4 is 39.0 Å². The Morgan fingerprint density at radius 2 is 0.764 bits per heavy atom. The van der Waals surface area contributed by atoms with E-state index in [0.29, 0.717) is 0 Å². The van der Waals surface area contributed by atoms with Gasteiger partial charge in [0.05, 0.1) is 22.2 Å². The Hall–Kier alpha value is -9.38. The highest BCUT2D eigenvalue weighted by molar-refractivity contribution is 6.10. The molecule has 0 amide bonds. The quantitative estimate of drug-likeness (QED) is 0.176. The number of anilines is 3. The van der Waals surface area contributed by atoms with Crippen LogP contribution in [0.1, 0.15) is 44.5 Å². The molecular weight excluding hydrogens is 879 g/mol. The smallest absolute Gasteiger partial charge is 0.143 e. The third-order valence-electron chi connectivity index (χ3n) is 16.0. The molecule has 4 nitrogen and oxygen atoms in total. The molecule has 0 bridgehead atoms. The Morgan fingerprint density at radius 1 is 0.306 bits per heavy atom. The summed E-state index contributed by atoms with van der Waals surface area (Å²) in [4.78, 5) is 2.55. The first kappa shape index (κ1) is 39.5. The van der Waals surface area contributed by atoms with Crippen LogP contribution in [-0.2, 0) is 10.8 Å². The van der Waals surface area contributed by atoms with Gasteiger partial charge in [-0.25, -0.2) is 0 Å². The van der Waals surface area contributed by atoms with Crippen molar-refractivity contribution in [3.8, 4) is 56.4 Å². The van der Waals surface area contributed by atoms with Crippen molar-refractivity contribution in [3.63, 3.8) is 0 Å². The first-order valence-electron chi connectivity index (χ1n) is 24.7. The van der Waals surface area contributed by atoms with E-state index in [1.165, 1.54) is 44.5 Å². The molecule has 11 aromatic carbocycles. The summed E-state index contributed by atoms with van der Waals surface area (Å²) in [6.07, 6.45) is 0. The van der Waals surface area contributed by atoms with Crippen molar-refractivity contribution in [2.75, 3.05) is 4.90 Å². The minimum absolute atomic E-state index is 0.650. The Morgan fingerprint density at radius 3 is 1.43 bits per heavy atom. The summed E-state index contributed by atoms with van der Waals surface area (Å²) in [6.45, 7) is 0. The first-order valence-corrected chi connectivity index (χ1v) is 24.7. The maximum Gasteiger partial charge on any atom is 0.143 e. The van der Waals surface area contributed by atoms with Crippen molar-refractivity contribution in [1.29, 1.82) is 0 Å². The lowest BCUT2D eigenvalue weighted by Crippen LogP contribution is -2.33. The number of furan rings is 1. The van der Waals surface area contributed by atoms with Crippen LogP contribution in [0.15, 0.2) is 253 Å². The highest BCUT2D eigenvalue weighted by Gasteiger charge is 2.55. The molecule has 4 aliphatic rings. The zero-order valence-electron chi connectivity index (χ0n) is 38.8. The van der Waals surface area contributed by atoms with Gasteiger partial charge in [-0.1, -0.05) is 194 Å². The summed E-state index contributed by atoms with van der Waals surface area (Å²) in [6, 6.07) is 90.2. The predicted octanol–water partition coefficient (Wildman–Crippen LogP) is 17.7. The highest BCUT2D eigenvalue weighted by Crippen LogP contribution is 2.67. The molecule has 2 aliphatic heterocycles. The summed E-state index contributed by atoms with van der Waals surface area (Å²) >= 11 is 0. The Bertz CT molecular complexity index is 4170. The van der Waals surface area contributed by atoms with Gasteiger partial charge in [0.25, 0.3) is 0 Å². The lowest BCUT2D eigenvalue weighted by Gasteiger charge is -2.42. The molecule has 2 aliphatic carbocycles. The average Bonchev–Trinajstić information content (AvgIpc) is 4.08. The molecule has 72 heavy (non-hydrogen) atoms. The molecule has 0 fully saturated rings. The monoisotopic (exact) mass is 919 g/mol. The van der Waals surface area contributed by atoms with Gasteiger partial charge in [0, 0.05) is 55.4 Å². The molecular formula is C68H41NO3. The Balaban J connectivity index is 1.01. The normalized spacial score (nSPS) is 14.3. The number of fused-ring (bicyclic) bond motifs is 21. The maximum absolute atomic E-state index is 6.86. The summed E-state index contributed by atoms with van der Waals surface area (Å²) in [7, 11) is 0. The van der Waals surface area contributed by atoms with Gasteiger partial charge in [-0.2, -0.15) is 0 Å². The molecule has 0 radical (unpaired) electrons. The summed E-state index contributed by atoms with van der Waals surface area (Å²) < 4.78 is 20.3. The van der Waals surface area contributed by atoms with Crippen LogP contribution in [-0.4, -0.2) is 0 Å². The van der Waals surface area contributed by atoms with Crippen molar-refractivity contribution in [2.24, 2.45) is 0 Å². The van der Waals surface area contributed by atoms with Crippen LogP contribution >= 0.6 is 0 Å². The summed E-state index contributed by atoms with van der Waals surface area (Å²) in [5.41, 5.74) is 19.9. The maximum atomic E-state index is 6.86. The largest absolute Gasteiger partial charge is 0.457 e. The van der Waals surface area contributed by atoms with Crippen LogP contribution in [0.5, 0.6) is 23.0 Å². The average molecular weight is 920 g/mol. The topological polar surface area (TPSA) is 34.8 Å². The third-order valence-corrected chi connectivity index (χ3v) is 16.0. The first-order chi connectivity index (χ1) is 35.7. The van der Waals surface area contributed by atoms with E-state index in [9.17, 15) is 0 Å². The molecule has 0 saturated heterocycles. The SMILES string of the molecule is c1ccc2c(c1)Oc1ccccc1C21c2ccccc2-c2c(N(c3ccc(-c4cccc5c4oc4ccccc45)cc3)c3cccc4c3C3(c5ccccc5Oc5ccccc53)c3ccccc3-4)cccc21. The van der Waals surface area contributed by atoms with Crippen LogP contribution in [0.25, 0.3) is 55.3 Å². The summed E-state index contributed by atoms with van der Waals surface area (Å²) in [5.74, 6) is 3.46. The van der Waals surface area contributed by atoms with Crippen LogP contribution in [0, 0.1) is 0 Å². The molecule has 336 valence electrons. The fourth-order valence-corrected chi connectivity index (χ4v) is 13.3. The number of benzene rings is 11. The van der Waals surface area contributed by atoms with Gasteiger partial charge in [0.15, 0.2) is 0 Å². The van der Waals surface area contributed by atoms with Crippen molar-refractivity contribution < 1.29 is 13.9 Å². The molecule has 12 aromatic rings. The number of rotatable bonds is 4. The van der Waals surface area contributed by atoms with E-state index in [1.54, 1.807) is 0 Å². The molecule has 4 heteroatoms. The Kier molecular flexibility index (Phi) is 7.99. The standard InChI is InChI=1S/C68H41NO3/c1-4-24-50-45(18-1)47-22-16-32-58(65(47)68(50)54-28-8-13-36-62(54)71-63-37-14-9-29-55(63)68)69(43-40-38-42(39-41-43)44-21-15-23-48-46-19-3-10-33-59(46)72-66(44)48)57-31-17-30-56-64(57)49-20-2-5-25-51(49)67(56)52-26-6-11-34-60(52)70-61-35-12-7-27-53(61)67/h1-41H. The van der Waals surface area contributed by atoms with Crippen molar-refractivity contribution in [2.45, 2.75) is 10.8 Å². The minimum Gasteiger partial charge on any atom is -0.457 e. The van der Waals surface area contributed by atoms with Gasteiger partial charge in [-0.15, -0.1) is 0 Å². The highest BCUT2D eigenvalue weighted by atomic mass is 16.5. The second kappa shape index (κ2) is 14.6. The molecule has 0 unspecified atom stereocenters. The number of nitrogens with zero attached hydrogens (tertiary/aromatic N) is 1. The van der Waals surface area contributed by atoms with Gasteiger partial charge < -0.3 is 18.8 Å². The molecule has 2 spiro atoms. The van der Waals surface area contributed by atoms with E-state index in [-0.39, 0.29) is 0 Å². The van der Waals surface area contributed by atoms with Crippen molar-refractivity contribution in [3.05, 3.63) is 293 Å². The van der Waals surface area contributed by atoms with Crippen molar-refractivity contribution in [1.82, 2.24) is 0 Å². The van der Waals surface area contributed by atoms with Gasteiger partial charge >= 0.3 is 0 Å². The van der Waals surface area contributed by atoms with E-state index in [1.807, 2.05) is 6.07 Å². The third kappa shape index (κ3) is 5.00. The van der Waals surface area contributed by atoms with E-state index >= 15 is 0 Å². The molecule has 1 aromatic heterocycles. The fourth-order valence-electron chi connectivity index (χ4n) is 13.3. The summed E-state index contributed by atoms with van der Waals surface area (Å²) in [5, 5.41) is 2.23. The number of hydrogen-bond acceptors (Lipinski definition) is 4. The van der Waals surface area contributed by atoms with Crippen LogP contribution in [0.4, 0.5) is 17.1 Å². The van der Waals surface area contributed by atoms with Crippen LogP contribution in [0.3, 0.4) is 0 Å². The zero-order chi connectivity index (χ0) is 47.1. The Labute approximate surface area is 416 Å². The molecule has 0 atom stereocenters. The fraction of sp³-hybridized carbons (Fsp3) is 0.0294. The predicted molar refractivity (Wildman–Crippen MR) is 289 cm³/mol. The second-order valence-corrected chi connectivity index (χ2v) is 19.3. The number of hydrogen-bond donors (Lipinski definition) is 0. The molecule has 0 saturated carbocycles. The molecule has 0 N–H and O–H groups in total. The zero-order valence-corrected chi connectivity index (χ0v) is 38.8. The van der Waals surface area contributed by atoms with E-state index < -0.39 is 10.8 Å². The van der Waals surface area contributed by atoms with E-state index in [2.05, 4.69) is 248 Å². The van der Waals surface area contributed by atoms with Crippen LogP contribution < -0.4 is 14.4 Å².